The van der Waals surface area contributed by atoms with Gasteiger partial charge in [0.25, 0.3) is 0 Å². The molecule has 1 aliphatic carbocycles. The number of carbonyl (C=O) groups is 1. The van der Waals surface area contributed by atoms with Gasteiger partial charge in [-0.1, -0.05) is 6.07 Å². The number of carbonyl (C=O) groups excluding carboxylic acids is 1. The highest BCUT2D eigenvalue weighted by molar-refractivity contribution is 5.99. The van der Waals surface area contributed by atoms with Gasteiger partial charge in [0, 0.05) is 31.4 Å². The van der Waals surface area contributed by atoms with Gasteiger partial charge < -0.3 is 23.8 Å². The van der Waals surface area contributed by atoms with E-state index in [0.29, 0.717) is 44.3 Å². The van der Waals surface area contributed by atoms with Crippen molar-refractivity contribution in [3.8, 4) is 11.4 Å². The van der Waals surface area contributed by atoms with Crippen LogP contribution in [0.15, 0.2) is 48.4 Å². The molecule has 0 saturated carbocycles. The number of ether oxygens (including phenoxy) is 2. The Morgan fingerprint density at radius 2 is 1.95 bits per heavy atom. The number of halogens is 1. The minimum absolute atomic E-state index is 0.0417. The van der Waals surface area contributed by atoms with Crippen molar-refractivity contribution in [2.24, 2.45) is 0 Å². The van der Waals surface area contributed by atoms with Crippen molar-refractivity contribution in [2.75, 3.05) is 44.9 Å². The molecule has 3 aromatic rings. The standard InChI is InChI=1S/C30H33FN4O3/c1-20-18-34(19-32-20)27-7-5-21(15-29(27)37-2)14-23-4-3-9-35(30(23)36)26-8-6-22-16-28(25(31)17-24(22)26)33-10-12-38-13-11-33/h5,7,14-19,26H,3-4,6,8-13H2,1-2H3. The molecule has 8 heteroatoms. The van der Waals surface area contributed by atoms with Crippen molar-refractivity contribution in [1.29, 1.82) is 0 Å². The van der Waals surface area contributed by atoms with Gasteiger partial charge in [0.05, 0.1) is 49.8 Å². The van der Waals surface area contributed by atoms with Gasteiger partial charge in [0.2, 0.25) is 5.91 Å². The van der Waals surface area contributed by atoms with E-state index in [9.17, 15) is 4.79 Å². The summed E-state index contributed by atoms with van der Waals surface area (Å²) < 4.78 is 28.3. The Labute approximate surface area is 222 Å². The quantitative estimate of drug-likeness (QED) is 0.454. The summed E-state index contributed by atoms with van der Waals surface area (Å²) in [5.74, 6) is 0.547. The summed E-state index contributed by atoms with van der Waals surface area (Å²) in [6.45, 7) is 5.28. The van der Waals surface area contributed by atoms with Gasteiger partial charge in [-0.25, -0.2) is 9.37 Å². The summed E-state index contributed by atoms with van der Waals surface area (Å²) in [5.41, 5.74) is 6.28. The number of fused-ring (bicyclic) bond motifs is 1. The van der Waals surface area contributed by atoms with E-state index in [2.05, 4.69) is 9.88 Å². The number of amides is 1. The zero-order chi connectivity index (χ0) is 26.2. The maximum absolute atomic E-state index is 15.2. The Bertz CT molecular complexity index is 1390. The molecular weight excluding hydrogens is 483 g/mol. The molecular formula is C30H33FN4O3. The predicted octanol–water partition coefficient (Wildman–Crippen LogP) is 4.86. The largest absolute Gasteiger partial charge is 0.495 e. The number of aromatic nitrogens is 2. The summed E-state index contributed by atoms with van der Waals surface area (Å²) >= 11 is 0. The summed E-state index contributed by atoms with van der Waals surface area (Å²) in [5, 5.41) is 0. The highest BCUT2D eigenvalue weighted by atomic mass is 19.1. The number of aryl methyl sites for hydroxylation is 2. The van der Waals surface area contributed by atoms with Crippen LogP contribution in [-0.2, 0) is 16.0 Å². The van der Waals surface area contributed by atoms with Crippen molar-refractivity contribution in [3.63, 3.8) is 0 Å². The SMILES string of the molecule is COc1cc(C=C2CCCN(C3CCc4cc(N5CCOCC5)c(F)cc43)C2=O)ccc1-n1cnc(C)c1. The Morgan fingerprint density at radius 1 is 1.11 bits per heavy atom. The van der Waals surface area contributed by atoms with Crippen molar-refractivity contribution in [1.82, 2.24) is 14.5 Å². The first-order valence-corrected chi connectivity index (χ1v) is 13.4. The molecule has 2 aromatic carbocycles. The van der Waals surface area contributed by atoms with Crippen molar-refractivity contribution in [2.45, 2.75) is 38.6 Å². The molecule has 0 spiro atoms. The van der Waals surface area contributed by atoms with Crippen LogP contribution in [0.25, 0.3) is 11.8 Å². The first-order valence-electron chi connectivity index (χ1n) is 13.4. The Morgan fingerprint density at radius 3 is 2.71 bits per heavy atom. The zero-order valence-electron chi connectivity index (χ0n) is 22.0. The molecule has 7 nitrogen and oxygen atoms in total. The second-order valence-corrected chi connectivity index (χ2v) is 10.3. The lowest BCUT2D eigenvalue weighted by Crippen LogP contribution is -2.39. The van der Waals surface area contributed by atoms with E-state index in [1.807, 2.05) is 52.9 Å². The van der Waals surface area contributed by atoms with Crippen LogP contribution < -0.4 is 9.64 Å². The maximum atomic E-state index is 15.2. The number of methoxy groups -OCH3 is 1. The molecule has 0 radical (unpaired) electrons. The van der Waals surface area contributed by atoms with Gasteiger partial charge in [-0.05, 0) is 79.6 Å². The zero-order valence-corrected chi connectivity index (χ0v) is 22.0. The lowest BCUT2D eigenvalue weighted by molar-refractivity contribution is -0.131. The number of nitrogens with zero attached hydrogens (tertiary/aromatic N) is 4. The number of imidazole rings is 1. The number of morpholine rings is 1. The third-order valence-electron chi connectivity index (χ3n) is 7.90. The average Bonchev–Trinajstić information content (AvgIpc) is 3.55. The first kappa shape index (κ1) is 24.7. The van der Waals surface area contributed by atoms with Crippen LogP contribution in [0.4, 0.5) is 10.1 Å². The monoisotopic (exact) mass is 516 g/mol. The van der Waals surface area contributed by atoms with E-state index < -0.39 is 0 Å². The minimum atomic E-state index is -0.210. The molecule has 198 valence electrons. The summed E-state index contributed by atoms with van der Waals surface area (Å²) in [4.78, 5) is 22.0. The smallest absolute Gasteiger partial charge is 0.250 e. The normalized spacial score (nSPS) is 20.8. The molecule has 2 fully saturated rings. The minimum Gasteiger partial charge on any atom is -0.495 e. The van der Waals surface area contributed by atoms with Crippen LogP contribution in [0, 0.1) is 12.7 Å². The van der Waals surface area contributed by atoms with E-state index in [1.165, 1.54) is 0 Å². The number of hydrogen-bond acceptors (Lipinski definition) is 5. The number of hydrogen-bond donors (Lipinski definition) is 0. The van der Waals surface area contributed by atoms with E-state index >= 15 is 4.39 Å². The summed E-state index contributed by atoms with van der Waals surface area (Å²) in [6.07, 6.45) is 8.98. The highest BCUT2D eigenvalue weighted by Gasteiger charge is 2.35. The molecule has 1 aromatic heterocycles. The van der Waals surface area contributed by atoms with E-state index in [0.717, 1.165) is 59.3 Å². The fourth-order valence-electron chi connectivity index (χ4n) is 5.98. The molecule has 1 unspecified atom stereocenters. The average molecular weight is 517 g/mol. The molecule has 3 aliphatic rings. The van der Waals surface area contributed by atoms with Crippen LogP contribution in [0.5, 0.6) is 5.75 Å². The fourth-order valence-corrected chi connectivity index (χ4v) is 5.98. The molecule has 1 amide bonds. The van der Waals surface area contributed by atoms with Crippen LogP contribution in [-0.4, -0.2) is 60.3 Å². The van der Waals surface area contributed by atoms with Crippen LogP contribution in [0.3, 0.4) is 0 Å². The number of rotatable bonds is 5. The number of likely N-dealkylation sites (tertiary alicyclic amines) is 1. The lowest BCUT2D eigenvalue weighted by atomic mass is 9.97. The van der Waals surface area contributed by atoms with Crippen molar-refractivity contribution < 1.29 is 18.7 Å². The molecule has 2 saturated heterocycles. The van der Waals surface area contributed by atoms with Gasteiger partial charge >= 0.3 is 0 Å². The molecule has 0 N–H and O–H groups in total. The van der Waals surface area contributed by atoms with Gasteiger partial charge in [0.1, 0.15) is 11.6 Å². The Hall–Kier alpha value is -3.65. The van der Waals surface area contributed by atoms with Crippen molar-refractivity contribution in [3.05, 3.63) is 76.6 Å². The highest BCUT2D eigenvalue weighted by Crippen LogP contribution is 2.41. The molecule has 2 aliphatic heterocycles. The molecule has 6 rings (SSSR count). The summed E-state index contributed by atoms with van der Waals surface area (Å²) in [7, 11) is 1.65. The van der Waals surface area contributed by atoms with Crippen LogP contribution >= 0.6 is 0 Å². The molecule has 3 heterocycles. The fraction of sp³-hybridized carbons (Fsp3) is 0.400. The Balaban J connectivity index is 1.24. The topological polar surface area (TPSA) is 59.8 Å². The van der Waals surface area contributed by atoms with Gasteiger partial charge in [0.15, 0.2) is 0 Å². The molecule has 0 bridgehead atoms. The summed E-state index contributed by atoms with van der Waals surface area (Å²) in [6, 6.07) is 9.52. The van der Waals surface area contributed by atoms with Gasteiger partial charge in [-0.2, -0.15) is 0 Å². The predicted molar refractivity (Wildman–Crippen MR) is 144 cm³/mol. The van der Waals surface area contributed by atoms with E-state index in [-0.39, 0.29) is 17.8 Å². The van der Waals surface area contributed by atoms with Crippen molar-refractivity contribution >= 4 is 17.7 Å². The van der Waals surface area contributed by atoms with E-state index in [4.69, 9.17) is 9.47 Å². The number of anilines is 1. The van der Waals surface area contributed by atoms with E-state index in [1.54, 1.807) is 19.5 Å². The van der Waals surface area contributed by atoms with Crippen LogP contribution in [0.2, 0.25) is 0 Å². The van der Waals surface area contributed by atoms with Crippen LogP contribution in [0.1, 0.15) is 47.7 Å². The van der Waals surface area contributed by atoms with Gasteiger partial charge in [-0.3, -0.25) is 4.79 Å². The second kappa shape index (κ2) is 10.3. The lowest BCUT2D eigenvalue weighted by Gasteiger charge is -2.34. The third kappa shape index (κ3) is 4.58. The first-order chi connectivity index (χ1) is 18.5. The maximum Gasteiger partial charge on any atom is 0.250 e. The van der Waals surface area contributed by atoms with Gasteiger partial charge in [-0.15, -0.1) is 0 Å². The molecule has 38 heavy (non-hydrogen) atoms. The Kier molecular flexibility index (Phi) is 6.66. The third-order valence-corrected chi connectivity index (χ3v) is 7.90. The number of piperidine rings is 1. The second-order valence-electron chi connectivity index (χ2n) is 10.3. The number of benzene rings is 2. The molecule has 1 atom stereocenters.